The number of ether oxygens (including phenoxy) is 1. The fraction of sp³-hybridized carbons (Fsp3) is 0.321. The van der Waals surface area contributed by atoms with E-state index in [9.17, 15) is 4.79 Å². The monoisotopic (exact) mass is 471 g/mol. The van der Waals surface area contributed by atoms with Crippen molar-refractivity contribution in [2.75, 3.05) is 34.3 Å². The van der Waals surface area contributed by atoms with Crippen molar-refractivity contribution in [3.63, 3.8) is 0 Å². The van der Waals surface area contributed by atoms with Crippen LogP contribution in [-0.4, -0.2) is 65.2 Å². The number of pyridine rings is 1. The van der Waals surface area contributed by atoms with Crippen molar-refractivity contribution < 1.29 is 9.53 Å². The molecule has 1 N–H and O–H groups in total. The first-order chi connectivity index (χ1) is 16.9. The molecule has 4 aromatic rings. The summed E-state index contributed by atoms with van der Waals surface area (Å²) in [5, 5.41) is 8.20. The second-order valence-electron chi connectivity index (χ2n) is 9.10. The SMILES string of the molecule is CCOc1cc(C(=O)N(C)[C@H](CCN(C)C)c2cncc3cn[nH]c23)ccc1-c1cccc(C)c1. The van der Waals surface area contributed by atoms with Crippen molar-refractivity contribution in [3.8, 4) is 16.9 Å². The Bertz CT molecular complexity index is 1310. The molecule has 2 aromatic heterocycles. The zero-order valence-corrected chi connectivity index (χ0v) is 21.1. The van der Waals surface area contributed by atoms with Gasteiger partial charge < -0.3 is 14.5 Å². The van der Waals surface area contributed by atoms with Crippen LogP contribution in [0.3, 0.4) is 0 Å². The average molecular weight is 472 g/mol. The van der Waals surface area contributed by atoms with Crippen LogP contribution < -0.4 is 4.74 Å². The van der Waals surface area contributed by atoms with Gasteiger partial charge in [-0.2, -0.15) is 5.10 Å². The maximum Gasteiger partial charge on any atom is 0.254 e. The number of hydrogen-bond donors (Lipinski definition) is 1. The molecular weight excluding hydrogens is 438 g/mol. The van der Waals surface area contributed by atoms with Crippen LogP contribution in [-0.2, 0) is 0 Å². The van der Waals surface area contributed by atoms with Gasteiger partial charge in [0.2, 0.25) is 0 Å². The Morgan fingerprint density at radius 2 is 1.91 bits per heavy atom. The van der Waals surface area contributed by atoms with Gasteiger partial charge in [-0.3, -0.25) is 14.9 Å². The Morgan fingerprint density at radius 3 is 2.66 bits per heavy atom. The first kappa shape index (κ1) is 24.4. The number of aromatic amines is 1. The maximum atomic E-state index is 13.7. The van der Waals surface area contributed by atoms with Crippen molar-refractivity contribution >= 4 is 16.8 Å². The Labute approximate surface area is 206 Å². The van der Waals surface area contributed by atoms with Crippen molar-refractivity contribution in [2.24, 2.45) is 0 Å². The first-order valence-corrected chi connectivity index (χ1v) is 11.9. The summed E-state index contributed by atoms with van der Waals surface area (Å²) in [6.07, 6.45) is 6.13. The molecule has 0 aliphatic heterocycles. The quantitative estimate of drug-likeness (QED) is 0.368. The van der Waals surface area contributed by atoms with E-state index in [-0.39, 0.29) is 11.9 Å². The molecule has 35 heavy (non-hydrogen) atoms. The van der Waals surface area contributed by atoms with Crippen molar-refractivity contribution in [3.05, 3.63) is 77.7 Å². The van der Waals surface area contributed by atoms with E-state index in [1.807, 2.05) is 58.5 Å². The number of nitrogens with zero attached hydrogens (tertiary/aromatic N) is 4. The summed E-state index contributed by atoms with van der Waals surface area (Å²) in [5.41, 5.74) is 5.68. The second-order valence-corrected chi connectivity index (χ2v) is 9.10. The highest BCUT2D eigenvalue weighted by molar-refractivity contribution is 5.96. The molecule has 0 radical (unpaired) electrons. The van der Waals surface area contributed by atoms with E-state index in [2.05, 4.69) is 45.2 Å². The minimum Gasteiger partial charge on any atom is -0.493 e. The predicted molar refractivity (Wildman–Crippen MR) is 140 cm³/mol. The van der Waals surface area contributed by atoms with E-state index in [0.717, 1.165) is 40.6 Å². The highest BCUT2D eigenvalue weighted by Crippen LogP contribution is 2.34. The standard InChI is InChI=1S/C28H33N5O2/c1-6-35-26-15-21(10-11-23(26)20-9-7-8-19(2)14-20)28(34)33(5)25(12-13-32(3)4)24-18-29-16-22-17-30-31-27(22)24/h7-11,14-18,25H,6,12-13H2,1-5H3,(H,30,31)/t25-/m1/s1. The van der Waals surface area contributed by atoms with E-state index in [0.29, 0.717) is 17.9 Å². The van der Waals surface area contributed by atoms with Crippen LogP contribution in [0.15, 0.2) is 61.1 Å². The van der Waals surface area contributed by atoms with Gasteiger partial charge in [0.1, 0.15) is 5.75 Å². The number of carbonyl (C=O) groups is 1. The van der Waals surface area contributed by atoms with E-state index in [4.69, 9.17) is 4.74 Å². The highest BCUT2D eigenvalue weighted by Gasteiger charge is 2.26. The fourth-order valence-electron chi connectivity index (χ4n) is 4.40. The lowest BCUT2D eigenvalue weighted by Crippen LogP contribution is -2.33. The summed E-state index contributed by atoms with van der Waals surface area (Å²) >= 11 is 0. The van der Waals surface area contributed by atoms with Crippen LogP contribution in [0.5, 0.6) is 5.75 Å². The number of nitrogens with one attached hydrogen (secondary N) is 1. The summed E-state index contributed by atoms with van der Waals surface area (Å²) in [4.78, 5) is 22.1. The number of amides is 1. The number of fused-ring (bicyclic) bond motifs is 1. The van der Waals surface area contributed by atoms with Gasteiger partial charge in [-0.15, -0.1) is 0 Å². The average Bonchev–Trinajstić information content (AvgIpc) is 3.33. The van der Waals surface area contributed by atoms with Gasteiger partial charge in [0, 0.05) is 41.5 Å². The molecule has 0 spiro atoms. The summed E-state index contributed by atoms with van der Waals surface area (Å²) in [6, 6.07) is 13.8. The third-order valence-corrected chi connectivity index (χ3v) is 6.24. The number of aromatic nitrogens is 3. The molecule has 7 nitrogen and oxygen atoms in total. The molecule has 0 aliphatic rings. The lowest BCUT2D eigenvalue weighted by atomic mass is 9.98. The largest absolute Gasteiger partial charge is 0.493 e. The summed E-state index contributed by atoms with van der Waals surface area (Å²) < 4.78 is 5.97. The van der Waals surface area contributed by atoms with Gasteiger partial charge in [0.25, 0.3) is 5.91 Å². The smallest absolute Gasteiger partial charge is 0.254 e. The van der Waals surface area contributed by atoms with Crippen LogP contribution in [0.2, 0.25) is 0 Å². The number of benzene rings is 2. The van der Waals surface area contributed by atoms with Gasteiger partial charge in [-0.05, 0) is 64.7 Å². The topological polar surface area (TPSA) is 74.3 Å². The number of rotatable bonds is 9. The number of H-pyrrole nitrogens is 1. The van der Waals surface area contributed by atoms with Gasteiger partial charge in [-0.1, -0.05) is 29.8 Å². The fourth-order valence-corrected chi connectivity index (χ4v) is 4.40. The molecule has 0 saturated carbocycles. The van der Waals surface area contributed by atoms with Gasteiger partial charge in [0.15, 0.2) is 0 Å². The van der Waals surface area contributed by atoms with Gasteiger partial charge in [-0.25, -0.2) is 0 Å². The number of carbonyl (C=O) groups excluding carboxylic acids is 1. The van der Waals surface area contributed by atoms with Crippen LogP contribution in [0.1, 0.15) is 40.9 Å². The normalized spacial score (nSPS) is 12.2. The Hall–Kier alpha value is -3.71. The molecule has 0 aliphatic carbocycles. The van der Waals surface area contributed by atoms with Crippen LogP contribution >= 0.6 is 0 Å². The van der Waals surface area contributed by atoms with Crippen molar-refractivity contribution in [1.82, 2.24) is 25.0 Å². The lowest BCUT2D eigenvalue weighted by Gasteiger charge is -2.30. The molecule has 2 heterocycles. The molecule has 1 amide bonds. The lowest BCUT2D eigenvalue weighted by molar-refractivity contribution is 0.0716. The highest BCUT2D eigenvalue weighted by atomic mass is 16.5. The molecule has 4 rings (SSSR count). The van der Waals surface area contributed by atoms with Crippen LogP contribution in [0.25, 0.3) is 22.0 Å². The summed E-state index contributed by atoms with van der Waals surface area (Å²) in [7, 11) is 5.92. The zero-order valence-electron chi connectivity index (χ0n) is 21.1. The third-order valence-electron chi connectivity index (χ3n) is 6.24. The minimum atomic E-state index is -0.173. The van der Waals surface area contributed by atoms with E-state index in [1.165, 1.54) is 5.56 Å². The summed E-state index contributed by atoms with van der Waals surface area (Å²) in [5.74, 6) is 0.640. The van der Waals surface area contributed by atoms with Crippen LogP contribution in [0, 0.1) is 6.92 Å². The first-order valence-electron chi connectivity index (χ1n) is 11.9. The van der Waals surface area contributed by atoms with Crippen molar-refractivity contribution in [1.29, 1.82) is 0 Å². The van der Waals surface area contributed by atoms with E-state index in [1.54, 1.807) is 17.3 Å². The van der Waals surface area contributed by atoms with E-state index >= 15 is 0 Å². The second kappa shape index (κ2) is 10.7. The van der Waals surface area contributed by atoms with Gasteiger partial charge in [0.05, 0.1) is 24.4 Å². The predicted octanol–water partition coefficient (Wildman–Crippen LogP) is 5.10. The molecular formula is C28H33N5O2. The molecule has 7 heteroatoms. The molecule has 182 valence electrons. The molecule has 0 bridgehead atoms. The van der Waals surface area contributed by atoms with Crippen molar-refractivity contribution in [2.45, 2.75) is 26.3 Å². The molecule has 0 unspecified atom stereocenters. The summed E-state index contributed by atoms with van der Waals surface area (Å²) in [6.45, 7) is 5.37. The molecule has 1 atom stereocenters. The number of aryl methyl sites for hydroxylation is 1. The Kier molecular flexibility index (Phi) is 7.46. The Balaban J connectivity index is 1.70. The third kappa shape index (κ3) is 5.35. The van der Waals surface area contributed by atoms with E-state index < -0.39 is 0 Å². The molecule has 0 saturated heterocycles. The number of hydrogen-bond acceptors (Lipinski definition) is 5. The molecule has 2 aromatic carbocycles. The Morgan fingerprint density at radius 1 is 1.09 bits per heavy atom. The van der Waals surface area contributed by atoms with Gasteiger partial charge >= 0.3 is 0 Å². The minimum absolute atomic E-state index is 0.0676. The molecule has 0 fully saturated rings. The van der Waals surface area contributed by atoms with Crippen LogP contribution in [0.4, 0.5) is 0 Å². The maximum absolute atomic E-state index is 13.7. The zero-order chi connectivity index (χ0) is 24.9.